The zero-order valence-corrected chi connectivity index (χ0v) is 7.70. The Morgan fingerprint density at radius 2 is 2.17 bits per heavy atom. The molecule has 0 aliphatic rings. The van der Waals surface area contributed by atoms with Gasteiger partial charge in [-0.2, -0.15) is 0 Å². The molecule has 0 radical (unpaired) electrons. The van der Waals surface area contributed by atoms with Crippen LogP contribution in [0.4, 0.5) is 0 Å². The van der Waals surface area contributed by atoms with Crippen molar-refractivity contribution in [2.24, 2.45) is 0 Å². The molecule has 0 aliphatic heterocycles. The van der Waals surface area contributed by atoms with Crippen LogP contribution in [0.1, 0.15) is 6.42 Å². The number of rotatable bonds is 6. The molecule has 68 valence electrons. The number of halogens is 1. The molecule has 1 atom stereocenters. The first kappa shape index (κ1) is 11.1. The van der Waals surface area contributed by atoms with Gasteiger partial charge >= 0.3 is 5.97 Å². The number of amides is 1. The fourth-order valence-corrected chi connectivity index (χ4v) is 0.811. The van der Waals surface area contributed by atoms with Crippen molar-refractivity contribution in [1.29, 1.82) is 0 Å². The van der Waals surface area contributed by atoms with Crippen molar-refractivity contribution in [1.82, 2.24) is 5.32 Å². The second-order valence-corrected chi connectivity index (χ2v) is 2.61. The van der Waals surface area contributed by atoms with E-state index in [1.165, 1.54) is 0 Å². The van der Waals surface area contributed by atoms with Crippen molar-refractivity contribution < 1.29 is 19.5 Å². The van der Waals surface area contributed by atoms with E-state index in [2.05, 4.69) is 15.9 Å². The number of carbonyl (C=O) groups excluding carboxylic acids is 2. The fraction of sp³-hybridized carbons (Fsp3) is 0.500. The van der Waals surface area contributed by atoms with Crippen molar-refractivity contribution in [3.8, 4) is 0 Å². The Hall–Kier alpha value is -0.910. The molecule has 0 saturated carbocycles. The maximum Gasteiger partial charge on any atom is 0.326 e. The molecule has 0 heterocycles. The van der Waals surface area contributed by atoms with Crippen LogP contribution in [0, 0.1) is 0 Å². The molecule has 0 saturated heterocycles. The number of ketones is 1. The van der Waals surface area contributed by atoms with E-state index in [4.69, 9.17) is 5.11 Å². The minimum absolute atomic E-state index is 0.0946. The van der Waals surface area contributed by atoms with Gasteiger partial charge in [-0.25, -0.2) is 4.79 Å². The van der Waals surface area contributed by atoms with Crippen molar-refractivity contribution in [2.75, 3.05) is 5.33 Å². The van der Waals surface area contributed by atoms with Crippen LogP contribution >= 0.6 is 15.9 Å². The molecule has 0 fully saturated rings. The predicted octanol–water partition coefficient (Wildman–Crippen LogP) is -0.460. The predicted molar refractivity (Wildman–Crippen MR) is 44.0 cm³/mol. The molecule has 0 rings (SSSR count). The van der Waals surface area contributed by atoms with Gasteiger partial charge in [0, 0.05) is 6.42 Å². The Kier molecular flexibility index (Phi) is 5.27. The first-order valence-electron chi connectivity index (χ1n) is 3.12. The molecule has 12 heavy (non-hydrogen) atoms. The van der Waals surface area contributed by atoms with Crippen LogP contribution in [0.3, 0.4) is 0 Å². The van der Waals surface area contributed by atoms with Gasteiger partial charge < -0.3 is 10.4 Å². The summed E-state index contributed by atoms with van der Waals surface area (Å²) in [5, 5.41) is 10.6. The second kappa shape index (κ2) is 5.70. The largest absolute Gasteiger partial charge is 0.480 e. The van der Waals surface area contributed by atoms with Crippen LogP contribution in [-0.4, -0.2) is 34.6 Å². The highest BCUT2D eigenvalue weighted by molar-refractivity contribution is 9.09. The summed E-state index contributed by atoms with van der Waals surface area (Å²) in [7, 11) is 0. The summed E-state index contributed by atoms with van der Waals surface area (Å²) in [4.78, 5) is 31.0. The summed E-state index contributed by atoms with van der Waals surface area (Å²) < 4.78 is 0. The minimum Gasteiger partial charge on any atom is -0.480 e. The van der Waals surface area contributed by atoms with Crippen LogP contribution in [0.2, 0.25) is 0 Å². The number of carboxylic acid groups (broad SMARTS) is 1. The number of alkyl halides is 1. The molecular weight excluding hydrogens is 230 g/mol. The van der Waals surface area contributed by atoms with Gasteiger partial charge in [-0.05, 0) is 0 Å². The molecule has 1 unspecified atom stereocenters. The summed E-state index contributed by atoms with van der Waals surface area (Å²) in [5.74, 6) is -1.48. The second-order valence-electron chi connectivity index (χ2n) is 2.05. The van der Waals surface area contributed by atoms with E-state index in [1.54, 1.807) is 0 Å². The molecule has 0 aliphatic carbocycles. The Morgan fingerprint density at radius 1 is 1.58 bits per heavy atom. The lowest BCUT2D eigenvalue weighted by Gasteiger charge is -2.08. The average Bonchev–Trinajstić information content (AvgIpc) is 2.03. The van der Waals surface area contributed by atoms with Crippen LogP contribution < -0.4 is 5.32 Å². The van der Waals surface area contributed by atoms with Gasteiger partial charge in [-0.3, -0.25) is 9.59 Å². The SMILES string of the molecule is O=CNC(CC(=O)CBr)C(=O)O. The third-order valence-electron chi connectivity index (χ3n) is 1.15. The summed E-state index contributed by atoms with van der Waals surface area (Å²) in [6, 6.07) is -1.12. The summed E-state index contributed by atoms with van der Waals surface area (Å²) in [6.45, 7) is 0. The number of carbonyl (C=O) groups is 3. The summed E-state index contributed by atoms with van der Waals surface area (Å²) in [6.07, 6.45) is 0.0691. The zero-order valence-electron chi connectivity index (χ0n) is 6.12. The van der Waals surface area contributed by atoms with Gasteiger partial charge in [0.25, 0.3) is 0 Å². The van der Waals surface area contributed by atoms with Crippen molar-refractivity contribution in [3.05, 3.63) is 0 Å². The lowest BCUT2D eigenvalue weighted by Crippen LogP contribution is -2.37. The van der Waals surface area contributed by atoms with E-state index >= 15 is 0 Å². The average molecular weight is 238 g/mol. The number of Topliss-reactive ketones (excluding diaryl/α,β-unsaturated/α-hetero) is 1. The van der Waals surface area contributed by atoms with Gasteiger partial charge in [-0.15, -0.1) is 0 Å². The molecular formula is C6H8BrNO4. The molecule has 2 N–H and O–H groups in total. The molecule has 0 aromatic carbocycles. The van der Waals surface area contributed by atoms with Crippen LogP contribution in [0.25, 0.3) is 0 Å². The molecule has 0 bridgehead atoms. The van der Waals surface area contributed by atoms with Crippen LogP contribution in [0.5, 0.6) is 0 Å². The first-order valence-corrected chi connectivity index (χ1v) is 4.24. The Balaban J connectivity index is 4.03. The Morgan fingerprint density at radius 3 is 2.50 bits per heavy atom. The number of nitrogens with one attached hydrogen (secondary N) is 1. The summed E-state index contributed by atoms with van der Waals surface area (Å²) >= 11 is 2.88. The molecule has 6 heteroatoms. The smallest absolute Gasteiger partial charge is 0.326 e. The molecule has 0 spiro atoms. The van der Waals surface area contributed by atoms with Crippen LogP contribution in [-0.2, 0) is 14.4 Å². The van der Waals surface area contributed by atoms with Gasteiger partial charge in [0.2, 0.25) is 6.41 Å². The summed E-state index contributed by atoms with van der Waals surface area (Å²) in [5.41, 5.74) is 0. The number of carboxylic acids is 1. The van der Waals surface area contributed by atoms with Gasteiger partial charge in [0.1, 0.15) is 11.8 Å². The molecule has 5 nitrogen and oxygen atoms in total. The van der Waals surface area contributed by atoms with E-state index < -0.39 is 12.0 Å². The quantitative estimate of drug-likeness (QED) is 0.484. The van der Waals surface area contributed by atoms with E-state index in [0.717, 1.165) is 0 Å². The normalized spacial score (nSPS) is 11.8. The standard InChI is InChI=1S/C6H8BrNO4/c7-2-4(10)1-5(6(11)12)8-3-9/h3,5H,1-2H2,(H,8,9)(H,11,12). The van der Waals surface area contributed by atoms with Gasteiger partial charge in [0.15, 0.2) is 0 Å². The third-order valence-corrected chi connectivity index (χ3v) is 1.77. The van der Waals surface area contributed by atoms with Gasteiger partial charge in [-0.1, -0.05) is 15.9 Å². The molecule has 0 aromatic heterocycles. The van der Waals surface area contributed by atoms with Crippen molar-refractivity contribution in [2.45, 2.75) is 12.5 Å². The lowest BCUT2D eigenvalue weighted by molar-refractivity contribution is -0.142. The van der Waals surface area contributed by atoms with Crippen LogP contribution in [0.15, 0.2) is 0 Å². The highest BCUT2D eigenvalue weighted by atomic mass is 79.9. The highest BCUT2D eigenvalue weighted by Gasteiger charge is 2.19. The monoisotopic (exact) mass is 237 g/mol. The topological polar surface area (TPSA) is 83.5 Å². The number of hydrogen-bond acceptors (Lipinski definition) is 3. The van der Waals surface area contributed by atoms with E-state index in [-0.39, 0.29) is 23.9 Å². The highest BCUT2D eigenvalue weighted by Crippen LogP contribution is 1.95. The minimum atomic E-state index is -1.21. The van der Waals surface area contributed by atoms with E-state index in [1.807, 2.05) is 5.32 Å². The lowest BCUT2D eigenvalue weighted by atomic mass is 10.1. The molecule has 1 amide bonds. The number of hydrogen-bond donors (Lipinski definition) is 2. The zero-order chi connectivity index (χ0) is 9.56. The fourth-order valence-electron chi connectivity index (χ4n) is 0.582. The van der Waals surface area contributed by atoms with Crippen molar-refractivity contribution in [3.63, 3.8) is 0 Å². The van der Waals surface area contributed by atoms with Gasteiger partial charge in [0.05, 0.1) is 5.33 Å². The maximum absolute atomic E-state index is 10.7. The van der Waals surface area contributed by atoms with E-state index in [0.29, 0.717) is 0 Å². The number of aliphatic carboxylic acids is 1. The van der Waals surface area contributed by atoms with E-state index in [9.17, 15) is 14.4 Å². The van der Waals surface area contributed by atoms with Crippen molar-refractivity contribution >= 4 is 34.1 Å². The molecule has 0 aromatic rings. The maximum atomic E-state index is 10.7. The first-order chi connectivity index (χ1) is 5.61. The third kappa shape index (κ3) is 4.07. The Labute approximate surface area is 77.3 Å². The Bertz CT molecular complexity index is 194.